The summed E-state index contributed by atoms with van der Waals surface area (Å²) in [6, 6.07) is 0. The molecule has 25 heavy (non-hydrogen) atoms. The third kappa shape index (κ3) is 12.8. The molecule has 1 rings (SSSR count). The summed E-state index contributed by atoms with van der Waals surface area (Å²) in [7, 11) is 0. The van der Waals surface area contributed by atoms with Gasteiger partial charge in [-0.1, -0.05) is 45.4 Å². The normalized spacial score (nSPS) is 19.6. The number of rotatable bonds is 11. The fourth-order valence-corrected chi connectivity index (χ4v) is 2.93. The number of hydrogen-bond acceptors (Lipinski definition) is 5. The van der Waals surface area contributed by atoms with Crippen molar-refractivity contribution in [2.45, 2.75) is 77.6 Å². The van der Waals surface area contributed by atoms with E-state index in [2.05, 4.69) is 6.92 Å². The second-order valence-electron chi connectivity index (χ2n) is 6.62. The van der Waals surface area contributed by atoms with Crippen LogP contribution in [0.25, 0.3) is 0 Å². The van der Waals surface area contributed by atoms with Gasteiger partial charge in [0.2, 0.25) is 0 Å². The molecule has 1 aliphatic carbocycles. The number of aliphatic hydroxyl groups is 2. The number of carboxylic acids is 1. The average molecular weight is 360 g/mol. The minimum absolute atomic E-state index is 0.0786. The van der Waals surface area contributed by atoms with E-state index < -0.39 is 5.97 Å². The maximum atomic E-state index is 11.9. The molecule has 1 fully saturated rings. The van der Waals surface area contributed by atoms with Crippen molar-refractivity contribution in [1.29, 1.82) is 0 Å². The Hall–Kier alpha value is -1.14. The SMILES string of the molecule is CCCCCCCCCOC(=O)C1CCC(C(=O)O)CC1.OCCO. The molecule has 1 saturated carbocycles. The van der Waals surface area contributed by atoms with Crippen molar-refractivity contribution in [3.63, 3.8) is 0 Å². The molecule has 3 N–H and O–H groups in total. The van der Waals surface area contributed by atoms with E-state index in [1.807, 2.05) is 0 Å². The van der Waals surface area contributed by atoms with Gasteiger partial charge in [0.1, 0.15) is 0 Å². The van der Waals surface area contributed by atoms with Crippen LogP contribution in [-0.4, -0.2) is 47.1 Å². The van der Waals surface area contributed by atoms with Crippen molar-refractivity contribution in [1.82, 2.24) is 0 Å². The predicted molar refractivity (Wildman–Crippen MR) is 96.2 cm³/mol. The second kappa shape index (κ2) is 16.3. The van der Waals surface area contributed by atoms with E-state index in [1.54, 1.807) is 0 Å². The number of carboxylic acid groups (broad SMARTS) is 1. The van der Waals surface area contributed by atoms with Crippen LogP contribution in [0.2, 0.25) is 0 Å². The zero-order chi connectivity index (χ0) is 18.9. The molecule has 6 nitrogen and oxygen atoms in total. The number of esters is 1. The van der Waals surface area contributed by atoms with Crippen LogP contribution >= 0.6 is 0 Å². The lowest BCUT2D eigenvalue weighted by Gasteiger charge is -2.24. The van der Waals surface area contributed by atoms with E-state index in [0.717, 1.165) is 12.8 Å². The number of aliphatic carboxylic acids is 1. The van der Waals surface area contributed by atoms with Crippen molar-refractivity contribution < 1.29 is 29.6 Å². The van der Waals surface area contributed by atoms with E-state index in [1.165, 1.54) is 32.1 Å². The molecule has 0 saturated heterocycles. The lowest BCUT2D eigenvalue weighted by molar-refractivity contribution is -0.152. The number of aliphatic hydroxyl groups excluding tert-OH is 2. The molecule has 0 heterocycles. The van der Waals surface area contributed by atoms with Crippen molar-refractivity contribution in [3.8, 4) is 0 Å². The molecule has 0 aliphatic heterocycles. The van der Waals surface area contributed by atoms with Crippen molar-refractivity contribution in [3.05, 3.63) is 0 Å². The summed E-state index contributed by atoms with van der Waals surface area (Å²) in [4.78, 5) is 22.7. The molecule has 0 amide bonds. The number of hydrogen-bond donors (Lipinski definition) is 3. The van der Waals surface area contributed by atoms with Gasteiger partial charge in [-0.05, 0) is 32.1 Å². The Morgan fingerprint density at radius 1 is 0.840 bits per heavy atom. The van der Waals surface area contributed by atoms with Crippen LogP contribution in [0.3, 0.4) is 0 Å². The smallest absolute Gasteiger partial charge is 0.308 e. The fourth-order valence-electron chi connectivity index (χ4n) is 2.93. The fraction of sp³-hybridized carbons (Fsp3) is 0.895. The van der Waals surface area contributed by atoms with E-state index in [9.17, 15) is 9.59 Å². The Bertz CT molecular complexity index is 335. The van der Waals surface area contributed by atoms with Gasteiger partial charge in [0.15, 0.2) is 0 Å². The molecule has 0 bridgehead atoms. The summed E-state index contributed by atoms with van der Waals surface area (Å²) in [5, 5.41) is 24.2. The largest absolute Gasteiger partial charge is 0.481 e. The number of carbonyl (C=O) groups is 2. The van der Waals surface area contributed by atoms with Gasteiger partial charge < -0.3 is 20.1 Å². The van der Waals surface area contributed by atoms with Crippen molar-refractivity contribution in [2.24, 2.45) is 11.8 Å². The lowest BCUT2D eigenvalue weighted by atomic mass is 9.82. The van der Waals surface area contributed by atoms with E-state index in [4.69, 9.17) is 20.1 Å². The van der Waals surface area contributed by atoms with E-state index >= 15 is 0 Å². The Morgan fingerprint density at radius 3 is 1.80 bits per heavy atom. The summed E-state index contributed by atoms with van der Waals surface area (Å²) >= 11 is 0. The summed E-state index contributed by atoms with van der Waals surface area (Å²) in [6.07, 6.45) is 11.0. The molecule has 0 atom stereocenters. The predicted octanol–water partition coefficient (Wildman–Crippen LogP) is 3.14. The molecule has 0 unspecified atom stereocenters. The Kier molecular flexibility index (Phi) is 15.6. The van der Waals surface area contributed by atoms with Crippen molar-refractivity contribution >= 4 is 11.9 Å². The van der Waals surface area contributed by atoms with Crippen LogP contribution in [0, 0.1) is 11.8 Å². The molecule has 0 aromatic heterocycles. The summed E-state index contributed by atoms with van der Waals surface area (Å²) in [5.41, 5.74) is 0. The molecular weight excluding hydrogens is 324 g/mol. The first kappa shape index (κ1) is 23.9. The first-order valence-electron chi connectivity index (χ1n) is 9.67. The van der Waals surface area contributed by atoms with E-state index in [0.29, 0.717) is 32.3 Å². The van der Waals surface area contributed by atoms with Gasteiger partial charge in [-0.2, -0.15) is 0 Å². The molecule has 148 valence electrons. The third-order valence-corrected chi connectivity index (χ3v) is 4.50. The van der Waals surface area contributed by atoms with Gasteiger partial charge >= 0.3 is 11.9 Å². The summed E-state index contributed by atoms with van der Waals surface area (Å²) in [5.74, 6) is -1.20. The highest BCUT2D eigenvalue weighted by molar-refractivity contribution is 5.74. The highest BCUT2D eigenvalue weighted by Gasteiger charge is 2.30. The monoisotopic (exact) mass is 360 g/mol. The zero-order valence-electron chi connectivity index (χ0n) is 15.6. The van der Waals surface area contributed by atoms with Gasteiger partial charge in [0, 0.05) is 0 Å². The lowest BCUT2D eigenvalue weighted by Crippen LogP contribution is -2.27. The average Bonchev–Trinajstić information content (AvgIpc) is 2.64. The first-order valence-corrected chi connectivity index (χ1v) is 9.67. The quantitative estimate of drug-likeness (QED) is 0.386. The molecule has 0 radical (unpaired) electrons. The standard InChI is InChI=1S/C17H30O4.C2H6O2/c1-2-3-4-5-6-7-8-13-21-17(20)15-11-9-14(10-12-15)16(18)19;3-1-2-4/h14-15H,2-13H2,1H3,(H,18,19);3-4H,1-2H2. The third-order valence-electron chi connectivity index (χ3n) is 4.50. The second-order valence-corrected chi connectivity index (χ2v) is 6.62. The van der Waals surface area contributed by atoms with Gasteiger partial charge in [-0.3, -0.25) is 9.59 Å². The van der Waals surface area contributed by atoms with Gasteiger partial charge in [-0.15, -0.1) is 0 Å². The highest BCUT2D eigenvalue weighted by Crippen LogP contribution is 2.29. The Balaban J connectivity index is 0.00000129. The molecule has 6 heteroatoms. The van der Waals surface area contributed by atoms with Crippen LogP contribution in [0.1, 0.15) is 77.6 Å². The maximum Gasteiger partial charge on any atom is 0.308 e. The zero-order valence-corrected chi connectivity index (χ0v) is 15.6. The maximum absolute atomic E-state index is 11.9. The molecule has 1 aliphatic rings. The van der Waals surface area contributed by atoms with Crippen LogP contribution in [-0.2, 0) is 14.3 Å². The minimum atomic E-state index is -0.732. The van der Waals surface area contributed by atoms with E-state index in [-0.39, 0.29) is 31.0 Å². The van der Waals surface area contributed by atoms with Crippen LogP contribution in [0.5, 0.6) is 0 Å². The topological polar surface area (TPSA) is 104 Å². The highest BCUT2D eigenvalue weighted by atomic mass is 16.5. The summed E-state index contributed by atoms with van der Waals surface area (Å²) < 4.78 is 5.32. The molecular formula is C19H36O6. The number of ether oxygens (including phenoxy) is 1. The van der Waals surface area contributed by atoms with Crippen molar-refractivity contribution in [2.75, 3.05) is 19.8 Å². The summed E-state index contributed by atoms with van der Waals surface area (Å²) in [6.45, 7) is 2.48. The molecule has 0 spiro atoms. The molecule has 0 aromatic carbocycles. The van der Waals surface area contributed by atoms with Gasteiger partial charge in [0.05, 0.1) is 31.7 Å². The number of unbranched alkanes of at least 4 members (excludes halogenated alkanes) is 6. The van der Waals surface area contributed by atoms with Crippen LogP contribution in [0.15, 0.2) is 0 Å². The van der Waals surface area contributed by atoms with Gasteiger partial charge in [-0.25, -0.2) is 0 Å². The Labute approximate surface area is 151 Å². The Morgan fingerprint density at radius 2 is 1.32 bits per heavy atom. The van der Waals surface area contributed by atoms with Gasteiger partial charge in [0.25, 0.3) is 0 Å². The number of carbonyl (C=O) groups excluding carboxylic acids is 1. The first-order chi connectivity index (χ1) is 12.1. The minimum Gasteiger partial charge on any atom is -0.481 e. The van der Waals surface area contributed by atoms with Crippen LogP contribution < -0.4 is 0 Å². The van der Waals surface area contributed by atoms with Crippen LogP contribution in [0.4, 0.5) is 0 Å². The molecule has 0 aromatic rings.